The van der Waals surface area contributed by atoms with Crippen LogP contribution in [0, 0.1) is 0 Å². The molecule has 2 aromatic carbocycles. The first-order valence-corrected chi connectivity index (χ1v) is 8.45. The number of aliphatic hydroxyl groups is 1. The monoisotopic (exact) mass is 350 g/mol. The van der Waals surface area contributed by atoms with E-state index in [9.17, 15) is 5.11 Å². The van der Waals surface area contributed by atoms with Crippen LogP contribution in [-0.2, 0) is 13.1 Å². The Morgan fingerprint density at radius 1 is 1.09 bits per heavy atom. The van der Waals surface area contributed by atoms with E-state index in [-0.39, 0.29) is 0 Å². The summed E-state index contributed by atoms with van der Waals surface area (Å²) in [5.74, 6) is 0. The van der Waals surface area contributed by atoms with E-state index >= 15 is 0 Å². The van der Waals surface area contributed by atoms with Crippen LogP contribution in [0.15, 0.2) is 42.5 Å². The van der Waals surface area contributed by atoms with Crippen molar-refractivity contribution in [2.24, 2.45) is 0 Å². The maximum Gasteiger partial charge on any atom is 0.0714 e. The number of β-amino-alcohol motifs (C(OH)–C–C–N with tert-alkyl or cyclic N) is 1. The second-order valence-electron chi connectivity index (χ2n) is 6.10. The fourth-order valence-electron chi connectivity index (χ4n) is 3.00. The van der Waals surface area contributed by atoms with E-state index in [0.717, 1.165) is 35.5 Å². The van der Waals surface area contributed by atoms with Crippen molar-refractivity contribution in [3.63, 3.8) is 0 Å². The maximum absolute atomic E-state index is 9.80. The van der Waals surface area contributed by atoms with Gasteiger partial charge in [-0.1, -0.05) is 41.4 Å². The molecular formula is C18H20Cl2N2O. The molecule has 0 amide bonds. The molecule has 0 bridgehead atoms. The van der Waals surface area contributed by atoms with Gasteiger partial charge in [0.25, 0.3) is 0 Å². The number of rotatable bonds is 4. The molecule has 0 spiro atoms. The van der Waals surface area contributed by atoms with Gasteiger partial charge in [-0.05, 0) is 42.3 Å². The quantitative estimate of drug-likeness (QED) is 0.896. The van der Waals surface area contributed by atoms with Gasteiger partial charge < -0.3 is 10.0 Å². The normalized spacial score (nSPS) is 16.3. The number of halogens is 2. The summed E-state index contributed by atoms with van der Waals surface area (Å²) in [6.45, 7) is 4.87. The molecule has 1 aliphatic rings. The van der Waals surface area contributed by atoms with Gasteiger partial charge >= 0.3 is 0 Å². The summed E-state index contributed by atoms with van der Waals surface area (Å²) in [7, 11) is 0. The van der Waals surface area contributed by atoms with Crippen LogP contribution in [0.2, 0.25) is 10.0 Å². The highest BCUT2D eigenvalue weighted by molar-refractivity contribution is 6.31. The number of aliphatic hydroxyl groups excluding tert-OH is 1. The second kappa shape index (κ2) is 7.10. The van der Waals surface area contributed by atoms with Crippen molar-refractivity contribution in [1.29, 1.82) is 0 Å². The fraction of sp³-hybridized carbons (Fsp3) is 0.333. The molecule has 3 nitrogen and oxygen atoms in total. The predicted molar refractivity (Wildman–Crippen MR) is 96.0 cm³/mol. The molecule has 1 N–H and O–H groups in total. The highest BCUT2D eigenvalue weighted by Crippen LogP contribution is 2.31. The molecule has 1 heterocycles. The van der Waals surface area contributed by atoms with Crippen molar-refractivity contribution in [3.8, 4) is 0 Å². The molecule has 0 saturated heterocycles. The van der Waals surface area contributed by atoms with E-state index in [4.69, 9.17) is 23.2 Å². The zero-order valence-electron chi connectivity index (χ0n) is 13.0. The maximum atomic E-state index is 9.80. The van der Waals surface area contributed by atoms with Crippen molar-refractivity contribution in [2.75, 3.05) is 18.1 Å². The Bertz CT molecular complexity index is 673. The van der Waals surface area contributed by atoms with E-state index in [1.807, 2.05) is 31.2 Å². The number of hydrogen-bond donors (Lipinski definition) is 1. The first kappa shape index (κ1) is 16.6. The summed E-state index contributed by atoms with van der Waals surface area (Å²) in [4.78, 5) is 4.53. The molecule has 3 rings (SSSR count). The average molecular weight is 351 g/mol. The lowest BCUT2D eigenvalue weighted by Gasteiger charge is -2.39. The molecule has 0 fully saturated rings. The first-order valence-electron chi connectivity index (χ1n) is 7.69. The third kappa shape index (κ3) is 4.18. The summed E-state index contributed by atoms with van der Waals surface area (Å²) in [5, 5.41) is 11.3. The van der Waals surface area contributed by atoms with Crippen molar-refractivity contribution < 1.29 is 5.11 Å². The Balaban J connectivity index is 1.81. The van der Waals surface area contributed by atoms with Gasteiger partial charge in [-0.25, -0.2) is 0 Å². The van der Waals surface area contributed by atoms with E-state index in [1.54, 1.807) is 0 Å². The first-order chi connectivity index (χ1) is 11.0. The standard InChI is InChI=1S/C18H20Cl2N2O/c1-13(23)9-22-12-21(10-14-2-5-16(19)6-3-14)11-15-4-7-17(20)8-18(15)22/h2-8,13,23H,9-12H2,1H3/t13-/m0/s1. The third-order valence-corrected chi connectivity index (χ3v) is 4.44. The van der Waals surface area contributed by atoms with Crippen LogP contribution in [0.5, 0.6) is 0 Å². The van der Waals surface area contributed by atoms with Gasteiger partial charge in [0.15, 0.2) is 0 Å². The van der Waals surface area contributed by atoms with Crippen LogP contribution < -0.4 is 4.90 Å². The molecule has 0 aliphatic carbocycles. The van der Waals surface area contributed by atoms with E-state index in [1.165, 1.54) is 11.1 Å². The van der Waals surface area contributed by atoms with Crippen LogP contribution in [0.1, 0.15) is 18.1 Å². The van der Waals surface area contributed by atoms with E-state index in [0.29, 0.717) is 6.54 Å². The smallest absolute Gasteiger partial charge is 0.0714 e. The summed E-state index contributed by atoms with van der Waals surface area (Å²) >= 11 is 12.1. The SMILES string of the molecule is C[C@H](O)CN1CN(Cc2ccc(Cl)cc2)Cc2ccc(Cl)cc21. The highest BCUT2D eigenvalue weighted by atomic mass is 35.5. The Morgan fingerprint density at radius 2 is 1.78 bits per heavy atom. The second-order valence-corrected chi connectivity index (χ2v) is 6.97. The number of benzene rings is 2. The van der Waals surface area contributed by atoms with Crippen molar-refractivity contribution in [2.45, 2.75) is 26.1 Å². The molecule has 0 radical (unpaired) electrons. The van der Waals surface area contributed by atoms with Gasteiger partial charge in [-0.2, -0.15) is 0 Å². The number of nitrogens with zero attached hydrogens (tertiary/aromatic N) is 2. The fourth-order valence-corrected chi connectivity index (χ4v) is 3.29. The average Bonchev–Trinajstić information content (AvgIpc) is 2.50. The molecule has 2 aromatic rings. The van der Waals surface area contributed by atoms with Crippen LogP contribution in [0.25, 0.3) is 0 Å². The van der Waals surface area contributed by atoms with Crippen LogP contribution in [-0.4, -0.2) is 29.3 Å². The topological polar surface area (TPSA) is 26.7 Å². The molecule has 0 saturated carbocycles. The predicted octanol–water partition coefficient (Wildman–Crippen LogP) is 4.15. The molecule has 1 atom stereocenters. The summed E-state index contributed by atoms with van der Waals surface area (Å²) in [6.07, 6.45) is -0.391. The van der Waals surface area contributed by atoms with Crippen molar-refractivity contribution in [3.05, 3.63) is 63.6 Å². The van der Waals surface area contributed by atoms with Crippen molar-refractivity contribution in [1.82, 2.24) is 4.90 Å². The lowest BCUT2D eigenvalue weighted by Crippen LogP contribution is -2.44. The highest BCUT2D eigenvalue weighted by Gasteiger charge is 2.23. The van der Waals surface area contributed by atoms with Gasteiger partial charge in [-0.15, -0.1) is 0 Å². The number of fused-ring (bicyclic) bond motifs is 1. The van der Waals surface area contributed by atoms with Gasteiger partial charge in [0.1, 0.15) is 0 Å². The number of anilines is 1. The minimum atomic E-state index is -0.391. The number of hydrogen-bond acceptors (Lipinski definition) is 3. The Morgan fingerprint density at radius 3 is 2.48 bits per heavy atom. The summed E-state index contributed by atoms with van der Waals surface area (Å²) in [5.41, 5.74) is 3.57. The van der Waals surface area contributed by atoms with Gasteiger partial charge in [0, 0.05) is 35.4 Å². The largest absolute Gasteiger partial charge is 0.392 e. The summed E-state index contributed by atoms with van der Waals surface area (Å²) < 4.78 is 0. The molecule has 23 heavy (non-hydrogen) atoms. The van der Waals surface area contributed by atoms with Gasteiger partial charge in [0.2, 0.25) is 0 Å². The van der Waals surface area contributed by atoms with E-state index in [2.05, 4.69) is 28.0 Å². The lowest BCUT2D eigenvalue weighted by atomic mass is 10.1. The minimum Gasteiger partial charge on any atom is -0.392 e. The molecule has 0 aromatic heterocycles. The van der Waals surface area contributed by atoms with Crippen LogP contribution >= 0.6 is 23.2 Å². The molecule has 5 heteroatoms. The lowest BCUT2D eigenvalue weighted by molar-refractivity contribution is 0.181. The molecule has 0 unspecified atom stereocenters. The third-order valence-electron chi connectivity index (χ3n) is 3.96. The van der Waals surface area contributed by atoms with Crippen LogP contribution in [0.4, 0.5) is 5.69 Å². The van der Waals surface area contributed by atoms with Gasteiger partial charge in [0.05, 0.1) is 12.8 Å². The molecular weight excluding hydrogens is 331 g/mol. The van der Waals surface area contributed by atoms with Crippen molar-refractivity contribution >= 4 is 28.9 Å². The Hall–Kier alpha value is -1.26. The zero-order chi connectivity index (χ0) is 16.4. The summed E-state index contributed by atoms with van der Waals surface area (Å²) in [6, 6.07) is 13.9. The molecule has 122 valence electrons. The van der Waals surface area contributed by atoms with E-state index < -0.39 is 6.10 Å². The van der Waals surface area contributed by atoms with Crippen LogP contribution in [0.3, 0.4) is 0 Å². The van der Waals surface area contributed by atoms with Gasteiger partial charge in [-0.3, -0.25) is 4.90 Å². The Labute approximate surface area is 147 Å². The minimum absolute atomic E-state index is 0.391. The zero-order valence-corrected chi connectivity index (χ0v) is 14.6. The molecule has 1 aliphatic heterocycles. The Kier molecular flexibility index (Phi) is 5.12.